The molecule has 2 aromatic heterocycles. The van der Waals surface area contributed by atoms with Gasteiger partial charge < -0.3 is 10.2 Å². The van der Waals surface area contributed by atoms with Crippen LogP contribution in [0.5, 0.6) is 0 Å². The van der Waals surface area contributed by atoms with Crippen molar-refractivity contribution in [1.82, 2.24) is 15.0 Å². The van der Waals surface area contributed by atoms with Crippen molar-refractivity contribution in [2.75, 3.05) is 0 Å². The Morgan fingerprint density at radius 1 is 1.30 bits per heavy atom. The molecule has 2 N–H and O–H groups in total. The summed E-state index contributed by atoms with van der Waals surface area (Å²) in [7, 11) is 1.83. The van der Waals surface area contributed by atoms with Gasteiger partial charge in [0.1, 0.15) is 5.52 Å². The number of aliphatic hydroxyl groups excluding tert-OH is 1. The Labute approximate surface area is 159 Å². The zero-order chi connectivity index (χ0) is 19.1. The first-order valence-electron chi connectivity index (χ1n) is 8.61. The molecule has 0 aliphatic rings. The minimum absolute atomic E-state index is 0.0346. The van der Waals surface area contributed by atoms with Crippen LogP contribution in [0, 0.1) is 6.92 Å². The molecular formula is C20H19N3O3S. The van der Waals surface area contributed by atoms with Crippen LogP contribution in [0.1, 0.15) is 34.6 Å². The van der Waals surface area contributed by atoms with Crippen molar-refractivity contribution in [3.05, 3.63) is 58.0 Å². The van der Waals surface area contributed by atoms with E-state index in [4.69, 9.17) is 0 Å². The van der Waals surface area contributed by atoms with Gasteiger partial charge in [-0.3, -0.25) is 4.79 Å². The Bertz CT molecular complexity index is 1160. The van der Waals surface area contributed by atoms with E-state index in [0.29, 0.717) is 0 Å². The van der Waals surface area contributed by atoms with Crippen molar-refractivity contribution in [2.24, 2.45) is 7.05 Å². The number of thiophene rings is 1. The number of benzene rings is 2. The van der Waals surface area contributed by atoms with Crippen LogP contribution in [0.15, 0.2) is 35.7 Å². The van der Waals surface area contributed by atoms with Crippen molar-refractivity contribution >= 4 is 38.4 Å². The van der Waals surface area contributed by atoms with E-state index in [9.17, 15) is 15.0 Å². The van der Waals surface area contributed by atoms with Gasteiger partial charge >= 0.3 is 5.97 Å². The summed E-state index contributed by atoms with van der Waals surface area (Å²) < 4.78 is 2.75. The Morgan fingerprint density at radius 2 is 2.11 bits per heavy atom. The van der Waals surface area contributed by atoms with Gasteiger partial charge in [-0.2, -0.15) is 0 Å². The van der Waals surface area contributed by atoms with Gasteiger partial charge in [0.15, 0.2) is 0 Å². The van der Waals surface area contributed by atoms with Gasteiger partial charge in [-0.1, -0.05) is 17.3 Å². The minimum atomic E-state index is -0.866. The fourth-order valence-corrected chi connectivity index (χ4v) is 4.60. The van der Waals surface area contributed by atoms with Gasteiger partial charge in [0.05, 0.1) is 18.5 Å². The highest BCUT2D eigenvalue weighted by Crippen LogP contribution is 2.36. The maximum absolute atomic E-state index is 11.6. The normalized spacial score (nSPS) is 12.7. The highest BCUT2D eigenvalue weighted by atomic mass is 32.1. The van der Waals surface area contributed by atoms with Gasteiger partial charge in [0.25, 0.3) is 0 Å². The number of rotatable bonds is 5. The fourth-order valence-electron chi connectivity index (χ4n) is 3.71. The second-order valence-electron chi connectivity index (χ2n) is 6.69. The molecule has 6 nitrogen and oxygen atoms in total. The molecule has 0 fully saturated rings. The summed E-state index contributed by atoms with van der Waals surface area (Å²) in [5.41, 5.74) is 5.26. The van der Waals surface area contributed by atoms with Crippen LogP contribution in [0.25, 0.3) is 21.1 Å². The summed E-state index contributed by atoms with van der Waals surface area (Å²) >= 11 is 1.58. The number of aliphatic carboxylic acids is 1. The van der Waals surface area contributed by atoms with E-state index in [1.165, 1.54) is 0 Å². The van der Waals surface area contributed by atoms with Crippen molar-refractivity contribution in [3.8, 4) is 0 Å². The molecule has 2 heterocycles. The Kier molecular flexibility index (Phi) is 4.41. The van der Waals surface area contributed by atoms with Gasteiger partial charge in [-0.15, -0.1) is 16.4 Å². The summed E-state index contributed by atoms with van der Waals surface area (Å²) in [6.07, 6.45) is -0.0346. The van der Waals surface area contributed by atoms with E-state index < -0.39 is 5.97 Å². The second kappa shape index (κ2) is 6.75. The lowest BCUT2D eigenvalue weighted by Crippen LogP contribution is -2.10. The summed E-state index contributed by atoms with van der Waals surface area (Å²) in [6, 6.07) is 9.85. The molecule has 0 saturated heterocycles. The smallest absolute Gasteiger partial charge is 0.304 e. The van der Waals surface area contributed by atoms with Crippen LogP contribution in [-0.2, 0) is 18.4 Å². The summed E-state index contributed by atoms with van der Waals surface area (Å²) in [4.78, 5) is 11.6. The van der Waals surface area contributed by atoms with Crippen LogP contribution in [0.2, 0.25) is 0 Å². The van der Waals surface area contributed by atoms with Crippen LogP contribution in [0.4, 0.5) is 0 Å². The number of carbonyl (C=O) groups is 1. The molecule has 1 atom stereocenters. The average Bonchev–Trinajstić information content (AvgIpc) is 3.26. The Balaban J connectivity index is 1.92. The molecule has 0 aliphatic heterocycles. The van der Waals surface area contributed by atoms with Gasteiger partial charge in [0.2, 0.25) is 0 Å². The molecule has 0 saturated carbocycles. The van der Waals surface area contributed by atoms with E-state index in [1.807, 2.05) is 49.7 Å². The third-order valence-electron chi connectivity index (χ3n) is 5.06. The predicted molar refractivity (Wildman–Crippen MR) is 105 cm³/mol. The molecule has 0 bridgehead atoms. The second-order valence-corrected chi connectivity index (χ2v) is 7.60. The van der Waals surface area contributed by atoms with Crippen LogP contribution in [0.3, 0.4) is 0 Å². The van der Waals surface area contributed by atoms with Gasteiger partial charge in [0, 0.05) is 17.7 Å². The lowest BCUT2D eigenvalue weighted by Gasteiger charge is -2.20. The van der Waals surface area contributed by atoms with Crippen molar-refractivity contribution < 1.29 is 15.0 Å². The number of fused-ring (bicyclic) bond motifs is 2. The molecule has 7 heteroatoms. The third kappa shape index (κ3) is 2.98. The zero-order valence-electron chi connectivity index (χ0n) is 15.0. The minimum Gasteiger partial charge on any atom is -0.481 e. The first-order chi connectivity index (χ1) is 13.0. The first-order valence-corrected chi connectivity index (χ1v) is 9.49. The number of aryl methyl sites for hydroxylation is 2. The number of hydrogen-bond acceptors (Lipinski definition) is 5. The molecule has 4 aromatic rings. The van der Waals surface area contributed by atoms with Gasteiger partial charge in [-0.05, 0) is 58.1 Å². The number of nitrogens with zero attached hydrogens (tertiary/aromatic N) is 3. The zero-order valence-corrected chi connectivity index (χ0v) is 15.8. The van der Waals surface area contributed by atoms with Crippen molar-refractivity contribution in [2.45, 2.75) is 25.9 Å². The number of carboxylic acids is 1. The maximum Gasteiger partial charge on any atom is 0.304 e. The fraction of sp³-hybridized carbons (Fsp3) is 0.250. The quantitative estimate of drug-likeness (QED) is 0.551. The highest BCUT2D eigenvalue weighted by molar-refractivity contribution is 7.17. The van der Waals surface area contributed by atoms with Crippen LogP contribution in [-0.4, -0.2) is 31.2 Å². The number of aliphatic hydroxyl groups is 1. The van der Waals surface area contributed by atoms with Crippen LogP contribution < -0.4 is 0 Å². The van der Waals surface area contributed by atoms with Gasteiger partial charge in [-0.25, -0.2) is 4.68 Å². The monoisotopic (exact) mass is 381 g/mol. The molecule has 138 valence electrons. The first kappa shape index (κ1) is 17.6. The predicted octanol–water partition coefficient (Wildman–Crippen LogP) is 3.59. The Hall–Kier alpha value is -2.77. The SMILES string of the molecule is Cc1c([C@@H](CC(=O)O)c2cc(CO)c3sccc3c2)ccc2c1nnn2C. The van der Waals surface area contributed by atoms with Crippen molar-refractivity contribution in [3.63, 3.8) is 0 Å². The van der Waals surface area contributed by atoms with E-state index in [0.717, 1.165) is 43.4 Å². The number of hydrogen-bond donors (Lipinski definition) is 2. The molecule has 0 aliphatic carbocycles. The average molecular weight is 381 g/mol. The van der Waals surface area contributed by atoms with E-state index in [2.05, 4.69) is 10.3 Å². The summed E-state index contributed by atoms with van der Waals surface area (Å²) in [5.74, 6) is -1.20. The largest absolute Gasteiger partial charge is 0.481 e. The van der Waals surface area contributed by atoms with Crippen molar-refractivity contribution in [1.29, 1.82) is 0 Å². The highest BCUT2D eigenvalue weighted by Gasteiger charge is 2.23. The summed E-state index contributed by atoms with van der Waals surface area (Å²) in [5, 5.41) is 30.6. The molecule has 0 radical (unpaired) electrons. The maximum atomic E-state index is 11.6. The van der Waals surface area contributed by atoms with E-state index in [1.54, 1.807) is 16.0 Å². The molecule has 0 unspecified atom stereocenters. The molecule has 2 aromatic carbocycles. The van der Waals surface area contributed by atoms with Crippen LogP contribution >= 0.6 is 11.3 Å². The lowest BCUT2D eigenvalue weighted by atomic mass is 9.84. The lowest BCUT2D eigenvalue weighted by molar-refractivity contribution is -0.137. The summed E-state index contributed by atoms with van der Waals surface area (Å²) in [6.45, 7) is 1.88. The number of aromatic nitrogens is 3. The third-order valence-corrected chi connectivity index (χ3v) is 6.06. The molecule has 0 spiro atoms. The molecule has 4 rings (SSSR count). The Morgan fingerprint density at radius 3 is 2.85 bits per heavy atom. The number of carboxylic acid groups (broad SMARTS) is 1. The molecular weight excluding hydrogens is 362 g/mol. The van der Waals surface area contributed by atoms with E-state index >= 15 is 0 Å². The standard InChI is InChI=1S/C20H19N3O3S/c1-11-15(3-4-17-19(11)21-22-23(17)2)16(9-18(25)26)13-7-12-5-6-27-20(12)14(8-13)10-24/h3-8,16,24H,9-10H2,1-2H3,(H,25,26)/t16-/m0/s1. The van der Waals surface area contributed by atoms with E-state index in [-0.39, 0.29) is 18.9 Å². The molecule has 0 amide bonds. The topological polar surface area (TPSA) is 88.2 Å². The molecule has 27 heavy (non-hydrogen) atoms.